The number of nitrogens with zero attached hydrogens (tertiary/aromatic N) is 8. The summed E-state index contributed by atoms with van der Waals surface area (Å²) >= 11 is 17.4. The van der Waals surface area contributed by atoms with E-state index in [2.05, 4.69) is 29.9 Å². The summed E-state index contributed by atoms with van der Waals surface area (Å²) in [6, 6.07) is 0. The number of nitrogen functional groups attached to an aromatic ring is 2. The van der Waals surface area contributed by atoms with E-state index >= 15 is 0 Å². The highest BCUT2D eigenvalue weighted by Gasteiger charge is 2.47. The summed E-state index contributed by atoms with van der Waals surface area (Å²) in [4.78, 5) is 35.8. The van der Waals surface area contributed by atoms with Crippen LogP contribution in [-0.4, -0.2) is 81.6 Å². The van der Waals surface area contributed by atoms with Crippen LogP contribution in [0.25, 0.3) is 22.3 Å². The molecule has 3 fully saturated rings. The van der Waals surface area contributed by atoms with E-state index in [9.17, 15) is 9.46 Å². The minimum absolute atomic E-state index is 0.0828. The van der Waals surface area contributed by atoms with Gasteiger partial charge in [0, 0.05) is 12.8 Å². The van der Waals surface area contributed by atoms with Crippen molar-refractivity contribution < 1.29 is 37.0 Å². The van der Waals surface area contributed by atoms with Crippen molar-refractivity contribution >= 4 is 93.3 Å². The molecule has 5 N–H and O–H groups in total. The molecule has 7 rings (SSSR count). The van der Waals surface area contributed by atoms with Gasteiger partial charge in [0.1, 0.15) is 41.8 Å². The number of hydrogen-bond donors (Lipinski definition) is 3. The summed E-state index contributed by atoms with van der Waals surface area (Å²) in [5, 5.41) is -0.167. The van der Waals surface area contributed by atoms with Crippen molar-refractivity contribution in [2.45, 2.75) is 49.7 Å². The SMILES string of the molecule is C#S[P@]1(=O)OC[C@H]2O[C@@H](n3cnc4c(N)nc(Cl)nc43)CC2OP(O)(=S)OC[C@H]2O[C@@H](n3cnc4c(N)nc(Cl)nc43)CC2O1. The molecule has 7 heterocycles. The van der Waals surface area contributed by atoms with Crippen LogP contribution in [0.1, 0.15) is 25.3 Å². The van der Waals surface area contributed by atoms with Crippen molar-refractivity contribution in [1.82, 2.24) is 39.0 Å². The van der Waals surface area contributed by atoms with Crippen molar-refractivity contribution in [1.29, 1.82) is 0 Å². The molecule has 240 valence electrons. The fourth-order valence-corrected chi connectivity index (χ4v) is 9.01. The van der Waals surface area contributed by atoms with E-state index in [0.29, 0.717) is 33.1 Å². The van der Waals surface area contributed by atoms with Crippen LogP contribution in [0.5, 0.6) is 0 Å². The smallest absolute Gasteiger partial charge is 0.382 e. The fraction of sp³-hybridized carbons (Fsp3) is 0.476. The number of hydrogen-bond acceptors (Lipinski definition) is 16. The van der Waals surface area contributed by atoms with E-state index in [1.807, 2.05) is 0 Å². The number of fused-ring (bicyclic) bond motifs is 4. The molecule has 0 bridgehead atoms. The van der Waals surface area contributed by atoms with Gasteiger partial charge in [0.2, 0.25) is 10.6 Å². The number of imidazole rings is 2. The molecule has 8 atom stereocenters. The molecule has 3 aliphatic rings. The zero-order valence-corrected chi connectivity index (χ0v) is 27.5. The van der Waals surface area contributed by atoms with Crippen LogP contribution in [0, 0.1) is 5.69 Å². The third-order valence-corrected chi connectivity index (χ3v) is 11.8. The van der Waals surface area contributed by atoms with Gasteiger partial charge in [-0.25, -0.2) is 14.5 Å². The van der Waals surface area contributed by atoms with Crippen LogP contribution in [0.3, 0.4) is 0 Å². The van der Waals surface area contributed by atoms with Gasteiger partial charge < -0.3 is 34.9 Å². The fourth-order valence-electron chi connectivity index (χ4n) is 5.29. The van der Waals surface area contributed by atoms with E-state index in [4.69, 9.17) is 79.7 Å². The summed E-state index contributed by atoms with van der Waals surface area (Å²) in [7, 11) is 0.411. The maximum absolute atomic E-state index is 13.8. The Hall–Kier alpha value is -2.12. The molecule has 24 heteroatoms. The van der Waals surface area contributed by atoms with Crippen LogP contribution >= 0.6 is 47.5 Å². The minimum Gasteiger partial charge on any atom is -0.382 e. The third-order valence-electron chi connectivity index (χ3n) is 7.28. The Balaban J connectivity index is 1.15. The highest BCUT2D eigenvalue weighted by Crippen LogP contribution is 2.59. The summed E-state index contributed by atoms with van der Waals surface area (Å²) in [5.74, 6) is 0.170. The van der Waals surface area contributed by atoms with Crippen molar-refractivity contribution in [3.8, 4) is 5.69 Å². The third kappa shape index (κ3) is 6.06. The monoisotopic (exact) mass is 738 g/mol. The largest absolute Gasteiger partial charge is 0.418 e. The number of halogens is 2. The molecule has 4 aromatic rings. The number of rotatable bonds is 2. The van der Waals surface area contributed by atoms with Gasteiger partial charge in [-0.2, -0.15) is 19.9 Å². The van der Waals surface area contributed by atoms with Gasteiger partial charge in [0.05, 0.1) is 32.0 Å². The molecule has 0 amide bonds. The predicted molar refractivity (Wildman–Crippen MR) is 165 cm³/mol. The summed E-state index contributed by atoms with van der Waals surface area (Å²) in [6.45, 7) is -8.53. The molecule has 45 heavy (non-hydrogen) atoms. The van der Waals surface area contributed by atoms with Crippen LogP contribution in [-0.2, 0) is 43.9 Å². The van der Waals surface area contributed by atoms with Gasteiger partial charge in [0.25, 0.3) is 0 Å². The van der Waals surface area contributed by atoms with E-state index < -0.39 is 50.4 Å². The standard InChI is InChI=1S/C21H22Cl2N10O8P2S2/c1-45-43(35)37-5-11-8(2-12(39-11)32-6-26-14-16(24)28-20(22)30-18(14)32)40-42(34,44)36-4-10-9(41-43)3-13(38-10)33-7-27-15-17(25)29-21(23)31-19(15)33/h1,6-13H,2-5H2,(H,34,44)(H2,24,28,30)(H2,25,29,31)/t8?,9?,10-,11-,12-,13-,42?,43-/m1/s1. The molecule has 3 saturated heterocycles. The highest BCUT2D eigenvalue weighted by molar-refractivity contribution is 8.48. The quantitative estimate of drug-likeness (QED) is 0.198. The molecule has 0 spiro atoms. The van der Waals surface area contributed by atoms with Crippen LogP contribution in [0.4, 0.5) is 11.6 Å². The minimum atomic E-state index is -4.02. The second-order valence-corrected chi connectivity index (χ2v) is 17.0. The lowest BCUT2D eigenvalue weighted by molar-refractivity contribution is -0.0557. The van der Waals surface area contributed by atoms with Crippen LogP contribution in [0.2, 0.25) is 10.6 Å². The van der Waals surface area contributed by atoms with Gasteiger partial charge in [-0.3, -0.25) is 18.2 Å². The Morgan fingerprint density at radius 1 is 0.867 bits per heavy atom. The Kier molecular flexibility index (Phi) is 8.28. The van der Waals surface area contributed by atoms with Gasteiger partial charge in [-0.15, -0.1) is 0 Å². The molecule has 0 saturated carbocycles. The normalized spacial score (nSPS) is 34.3. The molecular formula is C21H22Cl2N10O8P2S2. The first kappa shape index (κ1) is 31.5. The maximum Gasteiger partial charge on any atom is 0.418 e. The predicted octanol–water partition coefficient (Wildman–Crippen LogP) is 3.18. The number of aromatic nitrogens is 8. The van der Waals surface area contributed by atoms with Gasteiger partial charge in [0.15, 0.2) is 22.9 Å². The van der Waals surface area contributed by atoms with Crippen molar-refractivity contribution in [3.63, 3.8) is 0 Å². The van der Waals surface area contributed by atoms with Crippen molar-refractivity contribution in [2.24, 2.45) is 0 Å². The second-order valence-electron chi connectivity index (χ2n) is 10.0. The van der Waals surface area contributed by atoms with E-state index in [1.54, 1.807) is 9.13 Å². The average molecular weight is 739 g/mol. The Morgan fingerprint density at radius 3 is 1.87 bits per heavy atom. The average Bonchev–Trinajstić information content (AvgIpc) is 3.75. The number of anilines is 2. The first-order chi connectivity index (χ1) is 21.4. The number of nitrogens with two attached hydrogens (primary N) is 2. The lowest BCUT2D eigenvalue weighted by Gasteiger charge is -2.28. The van der Waals surface area contributed by atoms with Crippen LogP contribution in [0.15, 0.2) is 12.7 Å². The molecule has 0 aliphatic carbocycles. The first-order valence-corrected chi connectivity index (χ1v) is 19.4. The van der Waals surface area contributed by atoms with Crippen molar-refractivity contribution in [3.05, 3.63) is 23.2 Å². The lowest BCUT2D eigenvalue weighted by Crippen LogP contribution is -2.32. The van der Waals surface area contributed by atoms with E-state index in [1.165, 1.54) is 12.7 Å². The number of ether oxygens (including phenoxy) is 2. The molecular weight excluding hydrogens is 717 g/mol. The first-order valence-electron chi connectivity index (χ1n) is 13.0. The zero-order chi connectivity index (χ0) is 31.7. The summed E-state index contributed by atoms with van der Waals surface area (Å²) in [5.41, 5.74) is 18.9. The Labute approximate surface area is 271 Å². The molecule has 3 unspecified atom stereocenters. The lowest BCUT2D eigenvalue weighted by atomic mass is 10.2. The van der Waals surface area contributed by atoms with Crippen molar-refractivity contribution in [2.75, 3.05) is 24.7 Å². The van der Waals surface area contributed by atoms with E-state index in [0.717, 1.165) is 0 Å². The zero-order valence-electron chi connectivity index (χ0n) is 22.5. The Bertz CT molecular complexity index is 1960. The second kappa shape index (κ2) is 11.8. The summed E-state index contributed by atoms with van der Waals surface area (Å²) in [6.07, 6.45) is -1.93. The molecule has 0 aromatic carbocycles. The topological polar surface area (TPSA) is 232 Å². The van der Waals surface area contributed by atoms with E-state index in [-0.39, 0.29) is 48.3 Å². The Morgan fingerprint density at radius 2 is 1.36 bits per heavy atom. The summed E-state index contributed by atoms with van der Waals surface area (Å²) < 4.78 is 52.6. The van der Waals surface area contributed by atoms with Gasteiger partial charge in [-0.05, 0) is 45.8 Å². The molecule has 18 nitrogen and oxygen atoms in total. The molecule has 0 radical (unpaired) electrons. The van der Waals surface area contributed by atoms with Gasteiger partial charge in [-0.1, -0.05) is 5.69 Å². The molecule has 4 aromatic heterocycles. The van der Waals surface area contributed by atoms with Crippen LogP contribution < -0.4 is 11.5 Å². The molecule has 3 aliphatic heterocycles. The van der Waals surface area contributed by atoms with Gasteiger partial charge >= 0.3 is 13.5 Å². The maximum atomic E-state index is 13.8. The highest BCUT2D eigenvalue weighted by atomic mass is 35.5.